The first-order valence-electron chi connectivity index (χ1n) is 5.50. The Morgan fingerprint density at radius 3 is 2.71 bits per heavy atom. The third-order valence-electron chi connectivity index (χ3n) is 2.81. The molecule has 0 saturated carbocycles. The van der Waals surface area contributed by atoms with Gasteiger partial charge in [-0.2, -0.15) is 0 Å². The average Bonchev–Trinajstić information content (AvgIpc) is 2.83. The van der Waals surface area contributed by atoms with Crippen LogP contribution in [0.4, 0.5) is 0 Å². The van der Waals surface area contributed by atoms with Crippen LogP contribution in [0, 0.1) is 0 Å². The lowest BCUT2D eigenvalue weighted by Gasteiger charge is -2.27. The molecule has 1 unspecified atom stereocenters. The maximum absolute atomic E-state index is 5.80. The highest BCUT2D eigenvalue weighted by molar-refractivity contribution is 6.48. The zero-order valence-corrected chi connectivity index (χ0v) is 9.27. The van der Waals surface area contributed by atoms with Crippen molar-refractivity contribution in [1.82, 2.24) is 5.32 Å². The van der Waals surface area contributed by atoms with Gasteiger partial charge >= 0.3 is 0 Å². The van der Waals surface area contributed by atoms with Gasteiger partial charge in [-0.25, -0.2) is 0 Å². The van der Waals surface area contributed by atoms with E-state index in [-0.39, 0.29) is 6.10 Å². The normalized spacial score (nSPS) is 21.9. The molecule has 4 nitrogen and oxygen atoms in total. The highest BCUT2D eigenvalue weighted by Crippen LogP contribution is 2.29. The van der Waals surface area contributed by atoms with Crippen LogP contribution in [0.3, 0.4) is 0 Å². The smallest absolute Gasteiger partial charge is 0.189 e. The van der Waals surface area contributed by atoms with Gasteiger partial charge in [0, 0.05) is 6.54 Å². The van der Waals surface area contributed by atoms with Crippen molar-refractivity contribution in [2.45, 2.75) is 6.10 Å². The van der Waals surface area contributed by atoms with Gasteiger partial charge in [0.05, 0.1) is 6.54 Å². The molecule has 0 spiro atoms. The van der Waals surface area contributed by atoms with Crippen LogP contribution in [-0.2, 0) is 0 Å². The van der Waals surface area contributed by atoms with E-state index in [0.717, 1.165) is 18.9 Å². The summed E-state index contributed by atoms with van der Waals surface area (Å²) in [6.45, 7) is 2.07. The number of aliphatic imine (C=N–C) groups is 1. The van der Waals surface area contributed by atoms with Crippen LogP contribution >= 0.6 is 0 Å². The number of fused-ring (bicyclic) bond motifs is 1. The Morgan fingerprint density at radius 1 is 1.24 bits per heavy atom. The molecule has 3 rings (SSSR count). The number of hydrogen-bond donors (Lipinski definition) is 1. The second-order valence-electron chi connectivity index (χ2n) is 4.04. The van der Waals surface area contributed by atoms with Crippen molar-refractivity contribution in [2.75, 3.05) is 19.7 Å². The van der Waals surface area contributed by atoms with Crippen molar-refractivity contribution < 1.29 is 9.47 Å². The van der Waals surface area contributed by atoms with Crippen molar-refractivity contribution in [3.8, 4) is 11.5 Å². The van der Waals surface area contributed by atoms with E-state index in [4.69, 9.17) is 25.2 Å². The summed E-state index contributed by atoms with van der Waals surface area (Å²) < 4.78 is 11.4. The molecule has 0 amide bonds. The van der Waals surface area contributed by atoms with Crippen LogP contribution in [0.2, 0.25) is 0 Å². The Hall–Kier alpha value is -1.58. The largest absolute Gasteiger partial charge is 0.485 e. The Kier molecular flexibility index (Phi) is 2.50. The summed E-state index contributed by atoms with van der Waals surface area (Å²) in [5.41, 5.74) is 0.997. The van der Waals surface area contributed by atoms with Crippen LogP contribution < -0.4 is 25.7 Å². The lowest BCUT2D eigenvalue weighted by Crippen LogP contribution is -2.43. The standard InChI is InChI=1S/C11H10B2N2O2/c12-6-3-8-9(4-7(6)13)17-10(5-16-8)11-14-1-2-15-11/h3-4,10H,1-2,5H2,(H,14,15). The van der Waals surface area contributed by atoms with Gasteiger partial charge < -0.3 is 14.8 Å². The molecule has 82 valence electrons. The Labute approximate surface area is 102 Å². The van der Waals surface area contributed by atoms with Crippen LogP contribution in [0.25, 0.3) is 0 Å². The molecule has 0 aliphatic carbocycles. The third kappa shape index (κ3) is 1.88. The minimum absolute atomic E-state index is 0.187. The monoisotopic (exact) mass is 224 g/mol. The fourth-order valence-corrected chi connectivity index (χ4v) is 1.92. The zero-order chi connectivity index (χ0) is 11.8. The molecule has 0 fully saturated rings. The molecule has 6 heteroatoms. The molecule has 2 aliphatic heterocycles. The first kappa shape index (κ1) is 10.6. The molecular weight excluding hydrogens is 214 g/mol. The third-order valence-corrected chi connectivity index (χ3v) is 2.81. The van der Waals surface area contributed by atoms with Gasteiger partial charge in [0.1, 0.15) is 28.1 Å². The number of amidine groups is 1. The van der Waals surface area contributed by atoms with E-state index in [1.54, 1.807) is 12.1 Å². The number of benzene rings is 1. The zero-order valence-electron chi connectivity index (χ0n) is 9.27. The highest BCUT2D eigenvalue weighted by atomic mass is 16.6. The van der Waals surface area contributed by atoms with E-state index >= 15 is 0 Å². The molecule has 1 aromatic carbocycles. The summed E-state index contributed by atoms with van der Waals surface area (Å²) in [6, 6.07) is 3.37. The second-order valence-corrected chi connectivity index (χ2v) is 4.04. The molecule has 1 atom stereocenters. The van der Waals surface area contributed by atoms with Gasteiger partial charge in [0.2, 0.25) is 0 Å². The number of nitrogens with zero attached hydrogens (tertiary/aromatic N) is 1. The van der Waals surface area contributed by atoms with Gasteiger partial charge in [-0.05, 0) is 12.1 Å². The summed E-state index contributed by atoms with van der Waals surface area (Å²) >= 11 is 0. The van der Waals surface area contributed by atoms with Gasteiger partial charge in [-0.1, -0.05) is 10.9 Å². The van der Waals surface area contributed by atoms with Crippen LogP contribution in [0.5, 0.6) is 11.5 Å². The predicted molar refractivity (Wildman–Crippen MR) is 67.4 cm³/mol. The summed E-state index contributed by atoms with van der Waals surface area (Å²) in [6.07, 6.45) is -0.187. The molecule has 4 radical (unpaired) electrons. The van der Waals surface area contributed by atoms with Crippen molar-refractivity contribution in [3.63, 3.8) is 0 Å². The maximum Gasteiger partial charge on any atom is 0.189 e. The Bertz CT molecular complexity index is 491. The highest BCUT2D eigenvalue weighted by Gasteiger charge is 2.27. The topological polar surface area (TPSA) is 42.8 Å². The SMILES string of the molecule is [B]c1cc2c(cc1[B])OC(C1=NCCN1)CO2. The van der Waals surface area contributed by atoms with Gasteiger partial charge in [0.25, 0.3) is 0 Å². The Balaban J connectivity index is 1.87. The first-order valence-corrected chi connectivity index (χ1v) is 5.50. The summed E-state index contributed by atoms with van der Waals surface area (Å²) in [4.78, 5) is 4.32. The number of ether oxygens (including phenoxy) is 2. The average molecular weight is 224 g/mol. The van der Waals surface area contributed by atoms with Crippen molar-refractivity contribution in [1.29, 1.82) is 0 Å². The van der Waals surface area contributed by atoms with Gasteiger partial charge in [-0.15, -0.1) is 0 Å². The number of hydrogen-bond acceptors (Lipinski definition) is 4. The van der Waals surface area contributed by atoms with Crippen LogP contribution in [-0.4, -0.2) is 47.3 Å². The number of rotatable bonds is 1. The molecule has 1 aromatic rings. The van der Waals surface area contributed by atoms with E-state index in [0.29, 0.717) is 29.0 Å². The quantitative estimate of drug-likeness (QED) is 0.585. The van der Waals surface area contributed by atoms with Gasteiger partial charge in [0.15, 0.2) is 17.6 Å². The van der Waals surface area contributed by atoms with Crippen LogP contribution in [0.15, 0.2) is 17.1 Å². The molecule has 0 aromatic heterocycles. The number of nitrogens with one attached hydrogen (secondary N) is 1. The molecule has 2 aliphatic rings. The maximum atomic E-state index is 5.80. The lowest BCUT2D eigenvalue weighted by molar-refractivity contribution is 0.133. The van der Waals surface area contributed by atoms with E-state index in [2.05, 4.69) is 10.3 Å². The summed E-state index contributed by atoms with van der Waals surface area (Å²) in [7, 11) is 11.4. The molecule has 2 heterocycles. The predicted octanol–water partition coefficient (Wildman–Crippen LogP) is -1.58. The fraction of sp³-hybridized carbons (Fsp3) is 0.364. The molecule has 0 bridgehead atoms. The van der Waals surface area contributed by atoms with Gasteiger partial charge in [-0.3, -0.25) is 4.99 Å². The van der Waals surface area contributed by atoms with E-state index in [1.807, 2.05) is 0 Å². The molecular formula is C11H10B2N2O2. The van der Waals surface area contributed by atoms with Crippen LogP contribution in [0.1, 0.15) is 0 Å². The molecule has 0 saturated heterocycles. The summed E-state index contributed by atoms with van der Waals surface area (Å²) in [5.74, 6) is 2.09. The molecule has 1 N–H and O–H groups in total. The van der Waals surface area contributed by atoms with Crippen molar-refractivity contribution >= 4 is 32.5 Å². The summed E-state index contributed by atoms with van der Waals surface area (Å²) in [5, 5.41) is 3.17. The van der Waals surface area contributed by atoms with Crippen molar-refractivity contribution in [3.05, 3.63) is 12.1 Å². The Morgan fingerprint density at radius 2 is 2.00 bits per heavy atom. The minimum atomic E-state index is -0.187. The van der Waals surface area contributed by atoms with E-state index in [9.17, 15) is 0 Å². The van der Waals surface area contributed by atoms with E-state index in [1.165, 1.54) is 0 Å². The fourth-order valence-electron chi connectivity index (χ4n) is 1.92. The first-order chi connectivity index (χ1) is 8.24. The lowest BCUT2D eigenvalue weighted by atomic mass is 9.80. The second kappa shape index (κ2) is 4.02. The minimum Gasteiger partial charge on any atom is -0.485 e. The van der Waals surface area contributed by atoms with Crippen molar-refractivity contribution in [2.24, 2.45) is 4.99 Å². The molecule has 17 heavy (non-hydrogen) atoms. The van der Waals surface area contributed by atoms with E-state index < -0.39 is 0 Å².